The molecule has 0 spiro atoms. The second-order valence-electron chi connectivity index (χ2n) is 4.48. The zero-order valence-electron chi connectivity index (χ0n) is 11.5. The highest BCUT2D eigenvalue weighted by Crippen LogP contribution is 2.26. The molecule has 2 aromatic carbocycles. The summed E-state index contributed by atoms with van der Waals surface area (Å²) in [5.41, 5.74) is 1.04. The molecule has 20 heavy (non-hydrogen) atoms. The van der Waals surface area contributed by atoms with E-state index < -0.39 is 9.84 Å². The van der Waals surface area contributed by atoms with Crippen LogP contribution in [0, 0.1) is 0 Å². The average Bonchev–Trinajstić information content (AvgIpc) is 2.41. The van der Waals surface area contributed by atoms with Crippen LogP contribution in [-0.4, -0.2) is 21.7 Å². The van der Waals surface area contributed by atoms with Gasteiger partial charge in [-0.2, -0.15) is 0 Å². The van der Waals surface area contributed by atoms with Gasteiger partial charge in [0.2, 0.25) is 0 Å². The van der Waals surface area contributed by atoms with Gasteiger partial charge in [-0.3, -0.25) is 0 Å². The van der Waals surface area contributed by atoms with Crippen LogP contribution in [0.2, 0.25) is 0 Å². The maximum atomic E-state index is 11.4. The second-order valence-corrected chi connectivity index (χ2v) is 6.50. The zero-order chi connectivity index (χ0) is 14.6. The fourth-order valence-electron chi connectivity index (χ4n) is 1.82. The number of sulfone groups is 1. The molecule has 0 radical (unpaired) electrons. The van der Waals surface area contributed by atoms with Gasteiger partial charge in [-0.15, -0.1) is 0 Å². The third-order valence-electron chi connectivity index (χ3n) is 2.82. The lowest BCUT2D eigenvalue weighted by atomic mass is 10.2. The van der Waals surface area contributed by atoms with Crippen LogP contribution in [0.5, 0.6) is 11.5 Å². The second kappa shape index (κ2) is 6.07. The first-order valence-corrected chi connectivity index (χ1v) is 8.10. The SMILES string of the molecule is CNCc1ccccc1Oc1ccc(S(C)(=O)=O)cc1. The number of hydrogen-bond donors (Lipinski definition) is 1. The van der Waals surface area contributed by atoms with Crippen molar-refractivity contribution in [3.05, 3.63) is 54.1 Å². The van der Waals surface area contributed by atoms with Crippen LogP contribution in [0.4, 0.5) is 0 Å². The van der Waals surface area contributed by atoms with E-state index in [9.17, 15) is 8.42 Å². The fourth-order valence-corrected chi connectivity index (χ4v) is 2.45. The molecule has 0 heterocycles. The van der Waals surface area contributed by atoms with E-state index in [0.29, 0.717) is 12.3 Å². The summed E-state index contributed by atoms with van der Waals surface area (Å²) < 4.78 is 28.6. The lowest BCUT2D eigenvalue weighted by Gasteiger charge is -2.11. The normalized spacial score (nSPS) is 11.3. The molecule has 0 unspecified atom stereocenters. The van der Waals surface area contributed by atoms with Crippen molar-refractivity contribution in [1.29, 1.82) is 0 Å². The van der Waals surface area contributed by atoms with Crippen LogP contribution < -0.4 is 10.1 Å². The molecule has 0 fully saturated rings. The number of para-hydroxylation sites is 1. The molecule has 0 aliphatic carbocycles. The highest BCUT2D eigenvalue weighted by molar-refractivity contribution is 7.90. The molecule has 2 aromatic rings. The Morgan fingerprint density at radius 3 is 2.30 bits per heavy atom. The molecule has 2 rings (SSSR count). The minimum Gasteiger partial charge on any atom is -0.457 e. The van der Waals surface area contributed by atoms with Crippen molar-refractivity contribution in [1.82, 2.24) is 5.32 Å². The Labute approximate surface area is 119 Å². The lowest BCUT2D eigenvalue weighted by Crippen LogP contribution is -2.06. The van der Waals surface area contributed by atoms with Crippen molar-refractivity contribution >= 4 is 9.84 Å². The molecule has 0 saturated carbocycles. The summed E-state index contributed by atoms with van der Waals surface area (Å²) >= 11 is 0. The van der Waals surface area contributed by atoms with Crippen LogP contribution >= 0.6 is 0 Å². The van der Waals surface area contributed by atoms with Crippen molar-refractivity contribution < 1.29 is 13.2 Å². The van der Waals surface area contributed by atoms with E-state index in [0.717, 1.165) is 11.3 Å². The summed E-state index contributed by atoms with van der Waals surface area (Å²) in [6.45, 7) is 0.706. The third-order valence-corrected chi connectivity index (χ3v) is 3.95. The Bertz CT molecular complexity index is 679. The van der Waals surface area contributed by atoms with Gasteiger partial charge in [0.05, 0.1) is 4.90 Å². The summed E-state index contributed by atoms with van der Waals surface area (Å²) in [6.07, 6.45) is 1.19. The first-order valence-electron chi connectivity index (χ1n) is 6.21. The van der Waals surface area contributed by atoms with Gasteiger partial charge >= 0.3 is 0 Å². The quantitative estimate of drug-likeness (QED) is 0.920. The standard InChI is InChI=1S/C15H17NO3S/c1-16-11-12-5-3-4-6-15(12)19-13-7-9-14(10-8-13)20(2,17)18/h3-10,16H,11H2,1-2H3. The molecule has 0 saturated heterocycles. The maximum Gasteiger partial charge on any atom is 0.175 e. The predicted octanol–water partition coefficient (Wildman–Crippen LogP) is 2.60. The summed E-state index contributed by atoms with van der Waals surface area (Å²) in [5.74, 6) is 1.37. The van der Waals surface area contributed by atoms with E-state index in [4.69, 9.17) is 4.74 Å². The molecule has 0 aliphatic heterocycles. The number of ether oxygens (including phenoxy) is 1. The van der Waals surface area contributed by atoms with Crippen LogP contribution in [0.25, 0.3) is 0 Å². The molecule has 1 N–H and O–H groups in total. The minimum atomic E-state index is -3.17. The first-order chi connectivity index (χ1) is 9.50. The zero-order valence-corrected chi connectivity index (χ0v) is 12.3. The smallest absolute Gasteiger partial charge is 0.175 e. The van der Waals surface area contributed by atoms with E-state index in [1.807, 2.05) is 31.3 Å². The van der Waals surface area contributed by atoms with Crippen molar-refractivity contribution in [2.24, 2.45) is 0 Å². The molecule has 0 atom stereocenters. The molecule has 0 aliphatic rings. The van der Waals surface area contributed by atoms with Gasteiger partial charge in [-0.25, -0.2) is 8.42 Å². The monoisotopic (exact) mass is 291 g/mol. The van der Waals surface area contributed by atoms with E-state index >= 15 is 0 Å². The van der Waals surface area contributed by atoms with Crippen molar-refractivity contribution in [3.8, 4) is 11.5 Å². The van der Waals surface area contributed by atoms with Gasteiger partial charge in [-0.1, -0.05) is 18.2 Å². The van der Waals surface area contributed by atoms with Gasteiger partial charge in [0.1, 0.15) is 11.5 Å². The number of hydrogen-bond acceptors (Lipinski definition) is 4. The molecule has 0 bridgehead atoms. The van der Waals surface area contributed by atoms with Gasteiger partial charge < -0.3 is 10.1 Å². The molecule has 0 aromatic heterocycles. The molecular weight excluding hydrogens is 274 g/mol. The first kappa shape index (κ1) is 14.6. The number of nitrogens with one attached hydrogen (secondary N) is 1. The molecule has 0 amide bonds. The van der Waals surface area contributed by atoms with E-state index in [2.05, 4.69) is 5.32 Å². The van der Waals surface area contributed by atoms with Crippen LogP contribution in [0.3, 0.4) is 0 Å². The summed E-state index contributed by atoms with van der Waals surface area (Å²) in [5, 5.41) is 3.08. The average molecular weight is 291 g/mol. The van der Waals surface area contributed by atoms with Crippen LogP contribution in [0.1, 0.15) is 5.56 Å². The van der Waals surface area contributed by atoms with Gasteiger partial charge in [0.15, 0.2) is 9.84 Å². The fraction of sp³-hybridized carbons (Fsp3) is 0.200. The highest BCUT2D eigenvalue weighted by atomic mass is 32.2. The van der Waals surface area contributed by atoms with Gasteiger partial charge in [0, 0.05) is 18.4 Å². The number of rotatable bonds is 5. The van der Waals surface area contributed by atoms with Gasteiger partial charge in [-0.05, 0) is 37.4 Å². The Balaban J connectivity index is 2.22. The van der Waals surface area contributed by atoms with Crippen molar-refractivity contribution in [3.63, 3.8) is 0 Å². The summed E-state index contributed by atoms with van der Waals surface area (Å²) in [7, 11) is -1.30. The van der Waals surface area contributed by atoms with Crippen LogP contribution in [0.15, 0.2) is 53.4 Å². The van der Waals surface area contributed by atoms with Crippen molar-refractivity contribution in [2.75, 3.05) is 13.3 Å². The maximum absolute atomic E-state index is 11.4. The molecular formula is C15H17NO3S. The van der Waals surface area contributed by atoms with Gasteiger partial charge in [0.25, 0.3) is 0 Å². The van der Waals surface area contributed by atoms with E-state index in [1.54, 1.807) is 24.3 Å². The Morgan fingerprint density at radius 2 is 1.70 bits per heavy atom. The topological polar surface area (TPSA) is 55.4 Å². The summed E-state index contributed by atoms with van der Waals surface area (Å²) in [4.78, 5) is 0.286. The predicted molar refractivity (Wildman–Crippen MR) is 78.8 cm³/mol. The minimum absolute atomic E-state index is 0.286. The molecule has 106 valence electrons. The lowest BCUT2D eigenvalue weighted by molar-refractivity contribution is 0.474. The van der Waals surface area contributed by atoms with E-state index in [1.165, 1.54) is 6.26 Å². The molecule has 4 nitrogen and oxygen atoms in total. The third kappa shape index (κ3) is 3.59. The Kier molecular flexibility index (Phi) is 4.42. The summed E-state index contributed by atoms with van der Waals surface area (Å²) in [6, 6.07) is 14.1. The Morgan fingerprint density at radius 1 is 1.05 bits per heavy atom. The van der Waals surface area contributed by atoms with E-state index in [-0.39, 0.29) is 4.90 Å². The Hall–Kier alpha value is -1.85. The van der Waals surface area contributed by atoms with Crippen LogP contribution in [-0.2, 0) is 16.4 Å². The van der Waals surface area contributed by atoms with Crippen molar-refractivity contribution in [2.45, 2.75) is 11.4 Å². The molecule has 5 heteroatoms. The number of benzene rings is 2. The largest absolute Gasteiger partial charge is 0.457 e. The highest BCUT2D eigenvalue weighted by Gasteiger charge is 2.08.